The number of hydrogen-bond donors (Lipinski definition) is 3. The average molecular weight is 477 g/mol. The van der Waals surface area contributed by atoms with Gasteiger partial charge in [-0.3, -0.25) is 4.99 Å². The molecule has 0 aliphatic carbocycles. The zero-order valence-corrected chi connectivity index (χ0v) is 16.8. The molecule has 0 amide bonds. The standard InChI is InChI=1S/C18H21F2N3O2.HI/c1-12(25-15-5-3-4-14(19)9-15)10-22-18(21-2)23-11-13-6-7-17(24)16(20)8-13;/h3-9,12,24H,10-11H2,1-2H3,(H2,21,22,23);1H. The van der Waals surface area contributed by atoms with Gasteiger partial charge in [0.25, 0.3) is 0 Å². The molecule has 0 saturated heterocycles. The number of phenolic OH excluding ortho intramolecular Hbond substituents is 1. The van der Waals surface area contributed by atoms with Crippen LogP contribution in [-0.4, -0.2) is 30.8 Å². The Bertz CT molecular complexity index is 744. The summed E-state index contributed by atoms with van der Waals surface area (Å²) in [4.78, 5) is 4.07. The molecule has 8 heteroatoms. The van der Waals surface area contributed by atoms with Crippen LogP contribution in [0, 0.1) is 11.6 Å². The highest BCUT2D eigenvalue weighted by molar-refractivity contribution is 14.0. The zero-order chi connectivity index (χ0) is 18.2. The maximum atomic E-state index is 13.3. The lowest BCUT2D eigenvalue weighted by Gasteiger charge is -2.18. The number of aromatic hydroxyl groups is 1. The van der Waals surface area contributed by atoms with Crippen LogP contribution >= 0.6 is 24.0 Å². The van der Waals surface area contributed by atoms with Crippen molar-refractivity contribution in [3.63, 3.8) is 0 Å². The van der Waals surface area contributed by atoms with E-state index in [-0.39, 0.29) is 41.6 Å². The Hall–Kier alpha value is -2.10. The predicted octanol–water partition coefficient (Wildman–Crippen LogP) is 3.42. The third-order valence-electron chi connectivity index (χ3n) is 3.39. The molecule has 1 atom stereocenters. The summed E-state index contributed by atoms with van der Waals surface area (Å²) in [5.74, 6) is -0.426. The molecule has 2 rings (SSSR count). The van der Waals surface area contributed by atoms with Crippen LogP contribution in [0.4, 0.5) is 8.78 Å². The molecular formula is C18H22F2IN3O2. The van der Waals surface area contributed by atoms with Crippen LogP contribution in [0.25, 0.3) is 0 Å². The van der Waals surface area contributed by atoms with E-state index in [9.17, 15) is 13.9 Å². The highest BCUT2D eigenvalue weighted by atomic mass is 127. The molecular weight excluding hydrogens is 455 g/mol. The number of aliphatic imine (C=N–C) groups is 1. The molecule has 0 aliphatic heterocycles. The van der Waals surface area contributed by atoms with Gasteiger partial charge in [-0.2, -0.15) is 0 Å². The van der Waals surface area contributed by atoms with Crippen molar-refractivity contribution in [2.45, 2.75) is 19.6 Å². The highest BCUT2D eigenvalue weighted by Crippen LogP contribution is 2.16. The Balaban J connectivity index is 0.00000338. The zero-order valence-electron chi connectivity index (χ0n) is 14.5. The molecule has 3 N–H and O–H groups in total. The van der Waals surface area contributed by atoms with Crippen LogP contribution in [0.1, 0.15) is 12.5 Å². The van der Waals surface area contributed by atoms with Crippen molar-refractivity contribution >= 4 is 29.9 Å². The fourth-order valence-electron chi connectivity index (χ4n) is 2.12. The third kappa shape index (κ3) is 7.03. The summed E-state index contributed by atoms with van der Waals surface area (Å²) < 4.78 is 32.1. The lowest BCUT2D eigenvalue weighted by Crippen LogP contribution is -2.41. The summed E-state index contributed by atoms with van der Waals surface area (Å²) >= 11 is 0. The number of halogens is 3. The summed E-state index contributed by atoms with van der Waals surface area (Å²) in [6.07, 6.45) is -0.216. The Morgan fingerprint density at radius 3 is 2.62 bits per heavy atom. The first-order valence-electron chi connectivity index (χ1n) is 7.82. The SMILES string of the molecule is CN=C(NCc1ccc(O)c(F)c1)NCC(C)Oc1cccc(F)c1.I. The fourth-order valence-corrected chi connectivity index (χ4v) is 2.12. The second-order valence-corrected chi connectivity index (χ2v) is 5.48. The van der Waals surface area contributed by atoms with E-state index in [2.05, 4.69) is 15.6 Å². The molecule has 0 saturated carbocycles. The van der Waals surface area contributed by atoms with E-state index in [1.807, 2.05) is 6.92 Å². The lowest BCUT2D eigenvalue weighted by atomic mass is 10.2. The van der Waals surface area contributed by atoms with E-state index in [1.165, 1.54) is 24.3 Å². The largest absolute Gasteiger partial charge is 0.505 e. The van der Waals surface area contributed by atoms with E-state index in [0.717, 1.165) is 0 Å². The fraction of sp³-hybridized carbons (Fsp3) is 0.278. The molecule has 2 aromatic carbocycles. The first-order valence-corrected chi connectivity index (χ1v) is 7.82. The van der Waals surface area contributed by atoms with Crippen LogP contribution in [0.3, 0.4) is 0 Å². The van der Waals surface area contributed by atoms with Crippen molar-refractivity contribution < 1.29 is 18.6 Å². The topological polar surface area (TPSA) is 65.9 Å². The monoisotopic (exact) mass is 477 g/mol. The molecule has 1 unspecified atom stereocenters. The number of guanidine groups is 1. The van der Waals surface area contributed by atoms with Gasteiger partial charge in [0.1, 0.15) is 17.7 Å². The van der Waals surface area contributed by atoms with Crippen molar-refractivity contribution in [3.05, 3.63) is 59.7 Å². The van der Waals surface area contributed by atoms with Crippen LogP contribution in [0.15, 0.2) is 47.5 Å². The van der Waals surface area contributed by atoms with Gasteiger partial charge in [0.15, 0.2) is 17.5 Å². The van der Waals surface area contributed by atoms with Crippen molar-refractivity contribution in [1.29, 1.82) is 0 Å². The van der Waals surface area contributed by atoms with Gasteiger partial charge in [0.05, 0.1) is 6.54 Å². The molecule has 26 heavy (non-hydrogen) atoms. The van der Waals surface area contributed by atoms with Gasteiger partial charge in [-0.1, -0.05) is 12.1 Å². The van der Waals surface area contributed by atoms with Gasteiger partial charge in [0, 0.05) is 19.7 Å². The number of nitrogens with zero attached hydrogens (tertiary/aromatic N) is 1. The van der Waals surface area contributed by atoms with Crippen molar-refractivity contribution in [1.82, 2.24) is 10.6 Å². The third-order valence-corrected chi connectivity index (χ3v) is 3.39. The maximum absolute atomic E-state index is 13.3. The first-order chi connectivity index (χ1) is 12.0. The smallest absolute Gasteiger partial charge is 0.191 e. The summed E-state index contributed by atoms with van der Waals surface area (Å²) in [7, 11) is 1.62. The maximum Gasteiger partial charge on any atom is 0.191 e. The molecule has 0 heterocycles. The van der Waals surface area contributed by atoms with Gasteiger partial charge in [-0.05, 0) is 36.8 Å². The average Bonchev–Trinajstić information content (AvgIpc) is 2.58. The summed E-state index contributed by atoms with van der Waals surface area (Å²) in [6, 6.07) is 10.1. The number of hydrogen-bond acceptors (Lipinski definition) is 3. The van der Waals surface area contributed by atoms with E-state index < -0.39 is 5.82 Å². The molecule has 0 aromatic heterocycles. The minimum atomic E-state index is -0.667. The molecule has 2 aromatic rings. The minimum Gasteiger partial charge on any atom is -0.505 e. The molecule has 142 valence electrons. The van der Waals surface area contributed by atoms with Crippen LogP contribution in [0.2, 0.25) is 0 Å². The van der Waals surface area contributed by atoms with Gasteiger partial charge < -0.3 is 20.5 Å². The molecule has 5 nitrogen and oxygen atoms in total. The second kappa shape index (κ2) is 10.8. The Labute approximate surface area is 168 Å². The minimum absolute atomic E-state index is 0. The van der Waals surface area contributed by atoms with Crippen LogP contribution < -0.4 is 15.4 Å². The van der Waals surface area contributed by atoms with Crippen LogP contribution in [-0.2, 0) is 6.54 Å². The number of rotatable bonds is 6. The summed E-state index contributed by atoms with van der Waals surface area (Å²) in [6.45, 7) is 2.64. The van der Waals surface area contributed by atoms with Crippen molar-refractivity contribution in [2.75, 3.05) is 13.6 Å². The molecule has 0 fully saturated rings. The normalized spacial score (nSPS) is 12.1. The van der Waals surface area contributed by atoms with Crippen molar-refractivity contribution in [2.24, 2.45) is 4.99 Å². The Morgan fingerprint density at radius 2 is 1.96 bits per heavy atom. The molecule has 0 bridgehead atoms. The van der Waals surface area contributed by atoms with E-state index in [0.29, 0.717) is 30.4 Å². The number of ether oxygens (including phenoxy) is 1. The lowest BCUT2D eigenvalue weighted by molar-refractivity contribution is 0.223. The number of benzene rings is 2. The number of nitrogens with one attached hydrogen (secondary N) is 2. The van der Waals surface area contributed by atoms with E-state index in [1.54, 1.807) is 25.2 Å². The molecule has 0 spiro atoms. The first kappa shape index (κ1) is 21.9. The predicted molar refractivity (Wildman–Crippen MR) is 108 cm³/mol. The summed E-state index contributed by atoms with van der Waals surface area (Å²) in [5, 5.41) is 15.3. The van der Waals surface area contributed by atoms with Crippen LogP contribution in [0.5, 0.6) is 11.5 Å². The Kier molecular flexibility index (Phi) is 9.11. The molecule has 0 aliphatic rings. The van der Waals surface area contributed by atoms with Gasteiger partial charge in [0.2, 0.25) is 0 Å². The molecule has 0 radical (unpaired) electrons. The van der Waals surface area contributed by atoms with E-state index in [4.69, 9.17) is 4.74 Å². The highest BCUT2D eigenvalue weighted by Gasteiger charge is 2.07. The van der Waals surface area contributed by atoms with Gasteiger partial charge in [-0.15, -0.1) is 24.0 Å². The van der Waals surface area contributed by atoms with Gasteiger partial charge in [-0.25, -0.2) is 8.78 Å². The van der Waals surface area contributed by atoms with Gasteiger partial charge >= 0.3 is 0 Å². The van der Waals surface area contributed by atoms with E-state index >= 15 is 0 Å². The van der Waals surface area contributed by atoms with Crippen molar-refractivity contribution in [3.8, 4) is 11.5 Å². The quantitative estimate of drug-likeness (QED) is 0.339. The second-order valence-electron chi connectivity index (χ2n) is 5.48. The number of phenols is 1. The Morgan fingerprint density at radius 1 is 1.19 bits per heavy atom. The summed E-state index contributed by atoms with van der Waals surface area (Å²) in [5.41, 5.74) is 0.669.